The fraction of sp³-hybridized carbons (Fsp3) is 0.462. The highest BCUT2D eigenvalue weighted by molar-refractivity contribution is 5.78. The molecule has 0 N–H and O–H groups in total. The molecule has 1 heterocycles. The summed E-state index contributed by atoms with van der Waals surface area (Å²) in [5, 5.41) is 0. The van der Waals surface area contributed by atoms with Crippen LogP contribution in [0, 0.1) is 5.92 Å². The summed E-state index contributed by atoms with van der Waals surface area (Å²) < 4.78 is 0. The number of nitrogens with zero attached hydrogens (tertiary/aromatic N) is 1. The van der Waals surface area contributed by atoms with E-state index < -0.39 is 0 Å². The molecule has 0 unspecified atom stereocenters. The van der Waals surface area contributed by atoms with Crippen LogP contribution >= 0.6 is 0 Å². The summed E-state index contributed by atoms with van der Waals surface area (Å²) in [6.07, 6.45) is 1.03. The SMILES string of the molecule is CC(=O)[C@@H]1CCN(Cc2ccccc2)C1. The number of hydrogen-bond donors (Lipinski definition) is 0. The normalized spacial score (nSPS) is 21.8. The van der Waals surface area contributed by atoms with Crippen molar-refractivity contribution in [2.75, 3.05) is 13.1 Å². The van der Waals surface area contributed by atoms with Gasteiger partial charge in [-0.15, -0.1) is 0 Å². The zero-order chi connectivity index (χ0) is 10.7. The molecule has 0 aromatic heterocycles. The van der Waals surface area contributed by atoms with Crippen molar-refractivity contribution in [3.8, 4) is 0 Å². The van der Waals surface area contributed by atoms with Gasteiger partial charge in [0.05, 0.1) is 0 Å². The molecule has 1 aromatic rings. The summed E-state index contributed by atoms with van der Waals surface area (Å²) in [5.41, 5.74) is 1.33. The number of carbonyl (C=O) groups excluding carboxylic acids is 1. The number of rotatable bonds is 3. The van der Waals surface area contributed by atoms with Crippen molar-refractivity contribution in [2.45, 2.75) is 19.9 Å². The zero-order valence-electron chi connectivity index (χ0n) is 9.15. The molecule has 1 saturated heterocycles. The minimum Gasteiger partial charge on any atom is -0.300 e. The van der Waals surface area contributed by atoms with Crippen LogP contribution in [0.15, 0.2) is 30.3 Å². The molecule has 0 saturated carbocycles. The smallest absolute Gasteiger partial charge is 0.134 e. The van der Waals surface area contributed by atoms with E-state index in [-0.39, 0.29) is 5.92 Å². The first kappa shape index (κ1) is 10.4. The van der Waals surface area contributed by atoms with Crippen LogP contribution in [0.25, 0.3) is 0 Å². The Kier molecular flexibility index (Phi) is 3.17. The minimum atomic E-state index is 0.272. The lowest BCUT2D eigenvalue weighted by Gasteiger charge is -2.15. The molecular weight excluding hydrogens is 186 g/mol. The quantitative estimate of drug-likeness (QED) is 0.749. The second kappa shape index (κ2) is 4.58. The molecule has 0 radical (unpaired) electrons. The molecule has 80 valence electrons. The van der Waals surface area contributed by atoms with E-state index >= 15 is 0 Å². The Morgan fingerprint density at radius 2 is 2.13 bits per heavy atom. The lowest BCUT2D eigenvalue weighted by atomic mass is 10.1. The molecule has 1 fully saturated rings. The van der Waals surface area contributed by atoms with Crippen LogP contribution < -0.4 is 0 Å². The lowest BCUT2D eigenvalue weighted by Crippen LogP contribution is -2.21. The number of ketones is 1. The Labute approximate surface area is 90.9 Å². The van der Waals surface area contributed by atoms with Crippen molar-refractivity contribution >= 4 is 5.78 Å². The highest BCUT2D eigenvalue weighted by atomic mass is 16.1. The second-order valence-electron chi connectivity index (χ2n) is 4.32. The Morgan fingerprint density at radius 3 is 2.73 bits per heavy atom. The number of carbonyl (C=O) groups is 1. The van der Waals surface area contributed by atoms with Crippen molar-refractivity contribution in [1.29, 1.82) is 0 Å². The van der Waals surface area contributed by atoms with E-state index in [1.807, 2.05) is 6.07 Å². The van der Waals surface area contributed by atoms with Crippen LogP contribution in [-0.2, 0) is 11.3 Å². The van der Waals surface area contributed by atoms with Crippen LogP contribution in [0.3, 0.4) is 0 Å². The third kappa shape index (κ3) is 2.66. The minimum absolute atomic E-state index is 0.272. The summed E-state index contributed by atoms with van der Waals surface area (Å²) >= 11 is 0. The van der Waals surface area contributed by atoms with Crippen molar-refractivity contribution < 1.29 is 4.79 Å². The van der Waals surface area contributed by atoms with Crippen molar-refractivity contribution in [3.05, 3.63) is 35.9 Å². The van der Waals surface area contributed by atoms with E-state index in [9.17, 15) is 4.79 Å². The maximum atomic E-state index is 11.2. The molecule has 0 amide bonds. The summed E-state index contributed by atoms with van der Waals surface area (Å²) in [5.74, 6) is 0.610. The van der Waals surface area contributed by atoms with E-state index in [4.69, 9.17) is 0 Å². The van der Waals surface area contributed by atoms with E-state index in [0.717, 1.165) is 26.1 Å². The molecule has 1 aromatic carbocycles. The van der Waals surface area contributed by atoms with E-state index in [1.165, 1.54) is 5.56 Å². The Balaban J connectivity index is 1.90. The van der Waals surface area contributed by atoms with Crippen molar-refractivity contribution in [2.24, 2.45) is 5.92 Å². The van der Waals surface area contributed by atoms with Gasteiger partial charge in [-0.1, -0.05) is 30.3 Å². The van der Waals surface area contributed by atoms with Gasteiger partial charge in [0.15, 0.2) is 0 Å². The average molecular weight is 203 g/mol. The van der Waals surface area contributed by atoms with E-state index in [2.05, 4.69) is 29.2 Å². The molecule has 0 aliphatic carbocycles. The molecule has 1 atom stereocenters. The molecule has 2 nitrogen and oxygen atoms in total. The van der Waals surface area contributed by atoms with E-state index in [0.29, 0.717) is 5.78 Å². The van der Waals surface area contributed by atoms with Crippen LogP contribution in [-0.4, -0.2) is 23.8 Å². The molecule has 1 aliphatic rings. The van der Waals surface area contributed by atoms with Crippen LogP contribution in [0.5, 0.6) is 0 Å². The van der Waals surface area contributed by atoms with Crippen LogP contribution in [0.2, 0.25) is 0 Å². The standard InChI is InChI=1S/C13H17NO/c1-11(15)13-7-8-14(10-13)9-12-5-3-2-4-6-12/h2-6,13H,7-10H2,1H3/t13-/m1/s1. The maximum Gasteiger partial charge on any atom is 0.134 e. The highest BCUT2D eigenvalue weighted by Crippen LogP contribution is 2.19. The summed E-state index contributed by atoms with van der Waals surface area (Å²) in [7, 11) is 0. The third-order valence-corrected chi connectivity index (χ3v) is 3.10. The van der Waals surface area contributed by atoms with Gasteiger partial charge in [-0.3, -0.25) is 9.69 Å². The Bertz CT molecular complexity index is 334. The molecule has 2 heteroatoms. The van der Waals surface area contributed by atoms with Gasteiger partial charge in [0, 0.05) is 19.0 Å². The Hall–Kier alpha value is -1.15. The molecule has 15 heavy (non-hydrogen) atoms. The zero-order valence-corrected chi connectivity index (χ0v) is 9.15. The van der Waals surface area contributed by atoms with Crippen molar-refractivity contribution in [1.82, 2.24) is 4.90 Å². The van der Waals surface area contributed by atoms with Gasteiger partial charge in [0.2, 0.25) is 0 Å². The largest absolute Gasteiger partial charge is 0.300 e. The van der Waals surface area contributed by atoms with Gasteiger partial charge in [-0.05, 0) is 25.5 Å². The summed E-state index contributed by atoms with van der Waals surface area (Å²) in [6, 6.07) is 10.4. The lowest BCUT2D eigenvalue weighted by molar-refractivity contribution is -0.120. The molecule has 0 spiro atoms. The fourth-order valence-electron chi connectivity index (χ4n) is 2.15. The fourth-order valence-corrected chi connectivity index (χ4v) is 2.15. The second-order valence-corrected chi connectivity index (χ2v) is 4.32. The van der Waals surface area contributed by atoms with Crippen LogP contribution in [0.1, 0.15) is 18.9 Å². The first-order chi connectivity index (χ1) is 7.25. The van der Waals surface area contributed by atoms with Crippen LogP contribution in [0.4, 0.5) is 0 Å². The molecule has 1 aliphatic heterocycles. The molecule has 2 rings (SSSR count). The van der Waals surface area contributed by atoms with Gasteiger partial charge in [-0.25, -0.2) is 0 Å². The van der Waals surface area contributed by atoms with Crippen molar-refractivity contribution in [3.63, 3.8) is 0 Å². The maximum absolute atomic E-state index is 11.2. The number of Topliss-reactive ketones (excluding diaryl/α,β-unsaturated/α-hetero) is 1. The topological polar surface area (TPSA) is 20.3 Å². The predicted octanol–water partition coefficient (Wildman–Crippen LogP) is 2.10. The van der Waals surface area contributed by atoms with Gasteiger partial charge < -0.3 is 0 Å². The monoisotopic (exact) mass is 203 g/mol. The number of benzene rings is 1. The molecule has 0 bridgehead atoms. The van der Waals surface area contributed by atoms with Gasteiger partial charge in [-0.2, -0.15) is 0 Å². The number of likely N-dealkylation sites (tertiary alicyclic amines) is 1. The van der Waals surface area contributed by atoms with Gasteiger partial charge in [0.1, 0.15) is 5.78 Å². The summed E-state index contributed by atoms with van der Waals surface area (Å²) in [6.45, 7) is 4.67. The predicted molar refractivity (Wildman–Crippen MR) is 60.5 cm³/mol. The van der Waals surface area contributed by atoms with E-state index in [1.54, 1.807) is 6.92 Å². The summed E-state index contributed by atoms with van der Waals surface area (Å²) in [4.78, 5) is 13.6. The van der Waals surface area contributed by atoms with Gasteiger partial charge >= 0.3 is 0 Å². The first-order valence-corrected chi connectivity index (χ1v) is 5.52. The Morgan fingerprint density at radius 1 is 1.40 bits per heavy atom. The third-order valence-electron chi connectivity index (χ3n) is 3.10. The average Bonchev–Trinajstić information content (AvgIpc) is 2.68. The highest BCUT2D eigenvalue weighted by Gasteiger charge is 2.25. The number of hydrogen-bond acceptors (Lipinski definition) is 2. The van der Waals surface area contributed by atoms with Gasteiger partial charge in [0.25, 0.3) is 0 Å². The molecular formula is C13H17NO. The first-order valence-electron chi connectivity index (χ1n) is 5.52.